The largest absolute Gasteiger partial charge is 0.466 e. The number of esters is 1. The normalized spacial score (nSPS) is 17.5. The molecule has 0 saturated carbocycles. The summed E-state index contributed by atoms with van der Waals surface area (Å²) in [6.07, 6.45) is 1.39. The Morgan fingerprint density at radius 3 is 2.65 bits per heavy atom. The molecule has 1 aliphatic heterocycles. The summed E-state index contributed by atoms with van der Waals surface area (Å²) in [5, 5.41) is 2.84. The van der Waals surface area contributed by atoms with Gasteiger partial charge in [0, 0.05) is 23.7 Å². The highest BCUT2D eigenvalue weighted by atomic mass is 35.5. The van der Waals surface area contributed by atoms with Crippen LogP contribution in [-0.2, 0) is 9.53 Å². The average molecular weight is 339 g/mol. The summed E-state index contributed by atoms with van der Waals surface area (Å²) in [4.78, 5) is 37.5. The summed E-state index contributed by atoms with van der Waals surface area (Å²) < 4.78 is 4.99. The molecule has 23 heavy (non-hydrogen) atoms. The number of nitrogens with zero attached hydrogens (tertiary/aromatic N) is 1. The fourth-order valence-electron chi connectivity index (χ4n) is 2.46. The van der Waals surface area contributed by atoms with Gasteiger partial charge in [0.1, 0.15) is 0 Å². The van der Waals surface area contributed by atoms with Gasteiger partial charge < -0.3 is 9.64 Å². The van der Waals surface area contributed by atoms with Crippen molar-refractivity contribution in [1.29, 1.82) is 0 Å². The van der Waals surface area contributed by atoms with E-state index in [2.05, 4.69) is 5.32 Å². The maximum Gasteiger partial charge on any atom is 0.324 e. The molecule has 1 heterocycles. The highest BCUT2D eigenvalue weighted by Gasteiger charge is 2.30. The SMILES string of the molecule is CCOC(=O)C1CCCN(C(=O)NC(=O)c2ccc(Cl)cc2)C1. The molecule has 7 heteroatoms. The van der Waals surface area contributed by atoms with Crippen LogP contribution in [0.3, 0.4) is 0 Å². The summed E-state index contributed by atoms with van der Waals surface area (Å²) in [6, 6.07) is 5.75. The standard InChI is InChI=1S/C16H19ClN2O4/c1-2-23-15(21)12-4-3-9-19(10-12)16(22)18-14(20)11-5-7-13(17)8-6-11/h5-8,12H,2-4,9-10H2,1H3,(H,18,20,22). The second-order valence-electron chi connectivity index (χ2n) is 5.30. The van der Waals surface area contributed by atoms with Crippen LogP contribution in [0.15, 0.2) is 24.3 Å². The van der Waals surface area contributed by atoms with Crippen molar-refractivity contribution in [1.82, 2.24) is 10.2 Å². The van der Waals surface area contributed by atoms with Crippen LogP contribution in [0.2, 0.25) is 5.02 Å². The minimum absolute atomic E-state index is 0.262. The Bertz CT molecular complexity index is 588. The first-order valence-electron chi connectivity index (χ1n) is 7.53. The van der Waals surface area contributed by atoms with Crippen molar-refractivity contribution in [2.24, 2.45) is 5.92 Å². The number of likely N-dealkylation sites (tertiary alicyclic amines) is 1. The first-order valence-corrected chi connectivity index (χ1v) is 7.91. The minimum atomic E-state index is -0.501. The third kappa shape index (κ3) is 4.69. The van der Waals surface area contributed by atoms with Crippen LogP contribution >= 0.6 is 11.6 Å². The Morgan fingerprint density at radius 2 is 2.00 bits per heavy atom. The van der Waals surface area contributed by atoms with E-state index in [1.54, 1.807) is 31.2 Å². The van der Waals surface area contributed by atoms with Gasteiger partial charge in [0.05, 0.1) is 12.5 Å². The third-order valence-electron chi connectivity index (χ3n) is 3.66. The molecule has 1 aromatic rings. The zero-order valence-electron chi connectivity index (χ0n) is 12.9. The smallest absolute Gasteiger partial charge is 0.324 e. The number of urea groups is 1. The van der Waals surface area contributed by atoms with Crippen LogP contribution in [0.5, 0.6) is 0 Å². The van der Waals surface area contributed by atoms with Gasteiger partial charge in [-0.2, -0.15) is 0 Å². The molecule has 1 aliphatic rings. The summed E-state index contributed by atoms with van der Waals surface area (Å²) >= 11 is 5.76. The first-order chi connectivity index (χ1) is 11.0. The Hall–Kier alpha value is -2.08. The number of carbonyl (C=O) groups excluding carboxylic acids is 3. The molecule has 0 radical (unpaired) electrons. The Kier molecular flexibility index (Phi) is 5.98. The summed E-state index contributed by atoms with van der Waals surface area (Å²) in [7, 11) is 0. The lowest BCUT2D eigenvalue weighted by atomic mass is 9.98. The van der Waals surface area contributed by atoms with Crippen molar-refractivity contribution in [2.75, 3.05) is 19.7 Å². The molecule has 1 saturated heterocycles. The van der Waals surface area contributed by atoms with E-state index < -0.39 is 11.9 Å². The maximum absolute atomic E-state index is 12.2. The molecule has 124 valence electrons. The zero-order chi connectivity index (χ0) is 16.8. The number of amides is 3. The molecule has 6 nitrogen and oxygen atoms in total. The molecule has 1 N–H and O–H groups in total. The number of benzene rings is 1. The number of hydrogen-bond acceptors (Lipinski definition) is 4. The van der Waals surface area contributed by atoms with E-state index in [1.807, 2.05) is 0 Å². The van der Waals surface area contributed by atoms with Gasteiger partial charge in [-0.05, 0) is 44.0 Å². The van der Waals surface area contributed by atoms with Gasteiger partial charge in [0.15, 0.2) is 0 Å². The van der Waals surface area contributed by atoms with Gasteiger partial charge in [-0.3, -0.25) is 14.9 Å². The van der Waals surface area contributed by atoms with Crippen molar-refractivity contribution >= 4 is 29.5 Å². The van der Waals surface area contributed by atoms with Crippen LogP contribution in [-0.4, -0.2) is 42.5 Å². The molecule has 0 aliphatic carbocycles. The van der Waals surface area contributed by atoms with Crippen molar-refractivity contribution in [2.45, 2.75) is 19.8 Å². The van der Waals surface area contributed by atoms with Crippen LogP contribution < -0.4 is 5.32 Å². The van der Waals surface area contributed by atoms with E-state index in [1.165, 1.54) is 4.90 Å². The number of hydrogen-bond donors (Lipinski definition) is 1. The highest BCUT2D eigenvalue weighted by molar-refractivity contribution is 6.30. The number of ether oxygens (including phenoxy) is 1. The number of carbonyl (C=O) groups is 3. The van der Waals surface area contributed by atoms with Crippen LogP contribution in [0.1, 0.15) is 30.1 Å². The number of piperidine rings is 1. The molecule has 1 unspecified atom stereocenters. The molecule has 1 atom stereocenters. The number of nitrogens with one attached hydrogen (secondary N) is 1. The van der Waals surface area contributed by atoms with Crippen molar-refractivity contribution in [3.8, 4) is 0 Å². The average Bonchev–Trinajstić information content (AvgIpc) is 2.55. The van der Waals surface area contributed by atoms with Gasteiger partial charge >= 0.3 is 12.0 Å². The fourth-order valence-corrected chi connectivity index (χ4v) is 2.59. The van der Waals surface area contributed by atoms with Crippen LogP contribution in [0, 0.1) is 5.92 Å². The van der Waals surface area contributed by atoms with Crippen LogP contribution in [0.4, 0.5) is 4.79 Å². The highest BCUT2D eigenvalue weighted by Crippen LogP contribution is 2.18. The second kappa shape index (κ2) is 7.97. The second-order valence-corrected chi connectivity index (χ2v) is 5.74. The molecule has 1 aromatic carbocycles. The Balaban J connectivity index is 1.93. The molecule has 0 spiro atoms. The molecule has 0 bridgehead atoms. The third-order valence-corrected chi connectivity index (χ3v) is 3.91. The number of rotatable bonds is 3. The van der Waals surface area contributed by atoms with Gasteiger partial charge in [0.25, 0.3) is 5.91 Å². The van der Waals surface area contributed by atoms with E-state index in [-0.39, 0.29) is 18.4 Å². The summed E-state index contributed by atoms with van der Waals surface area (Å²) in [5.74, 6) is -1.13. The summed E-state index contributed by atoms with van der Waals surface area (Å²) in [5.41, 5.74) is 0.349. The lowest BCUT2D eigenvalue weighted by Gasteiger charge is -2.31. The van der Waals surface area contributed by atoms with Crippen LogP contribution in [0.25, 0.3) is 0 Å². The topological polar surface area (TPSA) is 75.7 Å². The molecule has 2 rings (SSSR count). The molecule has 1 fully saturated rings. The molecular weight excluding hydrogens is 320 g/mol. The molecular formula is C16H19ClN2O4. The fraction of sp³-hybridized carbons (Fsp3) is 0.438. The monoisotopic (exact) mass is 338 g/mol. The minimum Gasteiger partial charge on any atom is -0.466 e. The van der Waals surface area contributed by atoms with Gasteiger partial charge in [-0.1, -0.05) is 11.6 Å². The van der Waals surface area contributed by atoms with E-state index in [4.69, 9.17) is 16.3 Å². The number of imide groups is 1. The van der Waals surface area contributed by atoms with E-state index in [0.29, 0.717) is 36.6 Å². The lowest BCUT2D eigenvalue weighted by molar-refractivity contribution is -0.149. The zero-order valence-corrected chi connectivity index (χ0v) is 13.6. The molecule has 0 aromatic heterocycles. The van der Waals surface area contributed by atoms with E-state index >= 15 is 0 Å². The van der Waals surface area contributed by atoms with Crippen molar-refractivity contribution in [3.63, 3.8) is 0 Å². The quantitative estimate of drug-likeness (QED) is 0.859. The van der Waals surface area contributed by atoms with Gasteiger partial charge in [-0.15, -0.1) is 0 Å². The molecule has 3 amide bonds. The predicted molar refractivity (Wildman–Crippen MR) is 85.2 cm³/mol. The first kappa shape index (κ1) is 17.3. The predicted octanol–water partition coefficient (Wildman–Crippen LogP) is 2.46. The van der Waals surface area contributed by atoms with E-state index in [9.17, 15) is 14.4 Å². The van der Waals surface area contributed by atoms with Crippen molar-refractivity contribution < 1.29 is 19.1 Å². The lowest BCUT2D eigenvalue weighted by Crippen LogP contribution is -2.48. The van der Waals surface area contributed by atoms with Gasteiger partial charge in [0.2, 0.25) is 0 Å². The van der Waals surface area contributed by atoms with Crippen molar-refractivity contribution in [3.05, 3.63) is 34.9 Å². The van der Waals surface area contributed by atoms with E-state index in [0.717, 1.165) is 0 Å². The number of halogens is 1. The Morgan fingerprint density at radius 1 is 1.30 bits per heavy atom. The maximum atomic E-state index is 12.2. The van der Waals surface area contributed by atoms with Gasteiger partial charge in [-0.25, -0.2) is 4.79 Å². The summed E-state index contributed by atoms with van der Waals surface area (Å²) in [6.45, 7) is 2.83. The Labute approximate surface area is 139 Å².